The van der Waals surface area contributed by atoms with Crippen molar-refractivity contribution < 1.29 is 23.9 Å². The average molecular weight is 442 g/mol. The largest absolute Gasteiger partial charge is 0.494 e. The van der Waals surface area contributed by atoms with Crippen molar-refractivity contribution in [2.75, 3.05) is 19.0 Å². The molecule has 2 aromatic carbocycles. The summed E-state index contributed by atoms with van der Waals surface area (Å²) >= 11 is 0. The Balaban J connectivity index is 1.66. The first-order valence-corrected chi connectivity index (χ1v) is 10.4. The predicted octanol–water partition coefficient (Wildman–Crippen LogP) is 4.61. The molecule has 2 heterocycles. The Kier molecular flexibility index (Phi) is 6.22. The molecule has 1 amide bonds. The van der Waals surface area contributed by atoms with Gasteiger partial charge in [0.2, 0.25) is 0 Å². The van der Waals surface area contributed by atoms with E-state index in [9.17, 15) is 14.4 Å². The van der Waals surface area contributed by atoms with Gasteiger partial charge in [0.05, 0.1) is 19.3 Å². The van der Waals surface area contributed by atoms with E-state index in [0.29, 0.717) is 23.4 Å². The molecule has 0 atom stereocenters. The van der Waals surface area contributed by atoms with Crippen LogP contribution in [0, 0.1) is 0 Å². The second-order valence-corrected chi connectivity index (χ2v) is 7.21. The van der Waals surface area contributed by atoms with Gasteiger partial charge >= 0.3 is 5.97 Å². The normalized spacial score (nSPS) is 10.6. The summed E-state index contributed by atoms with van der Waals surface area (Å²) in [5, 5.41) is 2.61. The first kappa shape index (κ1) is 21.8. The number of nitrogens with one attached hydrogen (secondary N) is 1. The van der Waals surface area contributed by atoms with E-state index in [1.54, 1.807) is 28.8 Å². The fraction of sp³-hybridized carbons (Fsp3) is 0.115. The second kappa shape index (κ2) is 9.40. The number of ether oxygens (including phenoxy) is 2. The summed E-state index contributed by atoms with van der Waals surface area (Å²) in [6.45, 7) is 2.47. The van der Waals surface area contributed by atoms with Crippen LogP contribution in [0.2, 0.25) is 0 Å². The molecule has 0 bridgehead atoms. The van der Waals surface area contributed by atoms with Crippen molar-refractivity contribution in [2.24, 2.45) is 0 Å². The summed E-state index contributed by atoms with van der Waals surface area (Å²) < 4.78 is 11.9. The minimum Gasteiger partial charge on any atom is -0.494 e. The number of hydrogen-bond acceptors (Lipinski definition) is 5. The minimum absolute atomic E-state index is 0.262. The fourth-order valence-corrected chi connectivity index (χ4v) is 3.58. The summed E-state index contributed by atoms with van der Waals surface area (Å²) in [6, 6.07) is 20.9. The van der Waals surface area contributed by atoms with Gasteiger partial charge in [0.25, 0.3) is 11.7 Å². The third-order valence-corrected chi connectivity index (χ3v) is 5.14. The van der Waals surface area contributed by atoms with Crippen LogP contribution in [0.3, 0.4) is 0 Å². The maximum absolute atomic E-state index is 13.3. The molecule has 0 fully saturated rings. The number of methoxy groups -OCH3 is 1. The standard InChI is InChI=1S/C26H22N2O5/c1-3-33-21-13-9-17(10-14-21)22-16-20-6-4-5-15-28(20)23(22)24(29)25(30)27-19-11-7-18(8-12-19)26(31)32-2/h4-16H,3H2,1-2H3,(H,27,30). The molecule has 33 heavy (non-hydrogen) atoms. The Morgan fingerprint density at radius 1 is 0.939 bits per heavy atom. The predicted molar refractivity (Wildman–Crippen MR) is 125 cm³/mol. The molecule has 0 unspecified atom stereocenters. The van der Waals surface area contributed by atoms with E-state index in [1.807, 2.05) is 49.4 Å². The third-order valence-electron chi connectivity index (χ3n) is 5.14. The number of carbonyl (C=O) groups excluding carboxylic acids is 3. The molecule has 166 valence electrons. The number of rotatable bonds is 7. The molecule has 0 radical (unpaired) electrons. The number of benzene rings is 2. The minimum atomic E-state index is -0.781. The van der Waals surface area contributed by atoms with Gasteiger partial charge in [0.1, 0.15) is 11.4 Å². The zero-order valence-electron chi connectivity index (χ0n) is 18.2. The number of pyridine rings is 1. The van der Waals surface area contributed by atoms with E-state index >= 15 is 0 Å². The lowest BCUT2D eigenvalue weighted by Crippen LogP contribution is -2.24. The number of fused-ring (bicyclic) bond motifs is 1. The molecule has 0 saturated heterocycles. The van der Waals surface area contributed by atoms with Crippen LogP contribution in [-0.2, 0) is 9.53 Å². The van der Waals surface area contributed by atoms with Gasteiger partial charge in [-0.05, 0) is 67.1 Å². The van der Waals surface area contributed by atoms with Crippen molar-refractivity contribution in [3.05, 3.63) is 90.3 Å². The van der Waals surface area contributed by atoms with Gasteiger partial charge in [-0.2, -0.15) is 0 Å². The SMILES string of the molecule is CCOc1ccc(-c2cc3ccccn3c2C(=O)C(=O)Nc2ccc(C(=O)OC)cc2)cc1. The quantitative estimate of drug-likeness (QED) is 0.257. The number of ketones is 1. The number of hydrogen-bond donors (Lipinski definition) is 1. The Morgan fingerprint density at radius 2 is 1.67 bits per heavy atom. The van der Waals surface area contributed by atoms with Gasteiger partial charge in [0, 0.05) is 23.0 Å². The topological polar surface area (TPSA) is 86.1 Å². The van der Waals surface area contributed by atoms with Crippen molar-refractivity contribution in [1.82, 2.24) is 4.40 Å². The van der Waals surface area contributed by atoms with Gasteiger partial charge in [-0.1, -0.05) is 18.2 Å². The number of amides is 1. The van der Waals surface area contributed by atoms with Crippen LogP contribution in [-0.4, -0.2) is 35.8 Å². The van der Waals surface area contributed by atoms with Gasteiger partial charge in [0.15, 0.2) is 0 Å². The lowest BCUT2D eigenvalue weighted by Gasteiger charge is -2.09. The van der Waals surface area contributed by atoms with E-state index < -0.39 is 17.7 Å². The zero-order valence-corrected chi connectivity index (χ0v) is 18.2. The van der Waals surface area contributed by atoms with Gasteiger partial charge in [-0.15, -0.1) is 0 Å². The smallest absolute Gasteiger partial charge is 0.337 e. The Hall–Kier alpha value is -4.39. The molecule has 1 N–H and O–H groups in total. The number of nitrogens with zero attached hydrogens (tertiary/aromatic N) is 1. The van der Waals surface area contributed by atoms with E-state index in [0.717, 1.165) is 16.8 Å². The fourth-order valence-electron chi connectivity index (χ4n) is 3.58. The van der Waals surface area contributed by atoms with E-state index in [1.165, 1.54) is 19.2 Å². The average Bonchev–Trinajstić information content (AvgIpc) is 3.23. The molecule has 0 aliphatic carbocycles. The van der Waals surface area contributed by atoms with Gasteiger partial charge in [-0.25, -0.2) is 4.79 Å². The second-order valence-electron chi connectivity index (χ2n) is 7.21. The molecule has 0 saturated carbocycles. The van der Waals surface area contributed by atoms with Crippen molar-refractivity contribution in [2.45, 2.75) is 6.92 Å². The van der Waals surface area contributed by atoms with Crippen LogP contribution in [0.1, 0.15) is 27.8 Å². The lowest BCUT2D eigenvalue weighted by atomic mass is 10.0. The molecule has 7 nitrogen and oxygen atoms in total. The summed E-state index contributed by atoms with van der Waals surface area (Å²) in [4.78, 5) is 37.7. The Labute approximate surface area is 190 Å². The third kappa shape index (κ3) is 4.48. The zero-order chi connectivity index (χ0) is 23.4. The molecule has 0 aliphatic rings. The maximum Gasteiger partial charge on any atom is 0.337 e. The molecule has 4 rings (SSSR count). The summed E-state index contributed by atoms with van der Waals surface area (Å²) in [5.74, 6) is -1.21. The summed E-state index contributed by atoms with van der Waals surface area (Å²) in [6.07, 6.45) is 1.75. The highest BCUT2D eigenvalue weighted by molar-refractivity contribution is 6.47. The van der Waals surface area contributed by atoms with Crippen LogP contribution in [0.15, 0.2) is 79.0 Å². The molecule has 2 aromatic heterocycles. The van der Waals surface area contributed by atoms with Crippen LogP contribution >= 0.6 is 0 Å². The molecule has 0 spiro atoms. The van der Waals surface area contributed by atoms with E-state index in [-0.39, 0.29) is 5.69 Å². The lowest BCUT2D eigenvalue weighted by molar-refractivity contribution is -0.112. The molecule has 7 heteroatoms. The highest BCUT2D eigenvalue weighted by atomic mass is 16.5. The van der Waals surface area contributed by atoms with Crippen LogP contribution < -0.4 is 10.1 Å². The number of anilines is 1. The number of esters is 1. The summed E-state index contributed by atoms with van der Waals surface area (Å²) in [7, 11) is 1.29. The molecule has 4 aromatic rings. The van der Waals surface area contributed by atoms with E-state index in [2.05, 4.69) is 10.1 Å². The van der Waals surface area contributed by atoms with Gasteiger partial charge in [-0.3, -0.25) is 9.59 Å². The number of aromatic nitrogens is 1. The van der Waals surface area contributed by atoms with Gasteiger partial charge < -0.3 is 19.2 Å². The molecular weight excluding hydrogens is 420 g/mol. The van der Waals surface area contributed by atoms with Crippen molar-refractivity contribution in [3.8, 4) is 16.9 Å². The van der Waals surface area contributed by atoms with Crippen molar-refractivity contribution in [1.29, 1.82) is 0 Å². The highest BCUT2D eigenvalue weighted by Gasteiger charge is 2.25. The van der Waals surface area contributed by atoms with Crippen LogP contribution in [0.4, 0.5) is 5.69 Å². The number of carbonyl (C=O) groups is 3. The van der Waals surface area contributed by atoms with Crippen LogP contribution in [0.25, 0.3) is 16.6 Å². The first-order valence-electron chi connectivity index (χ1n) is 10.4. The first-order chi connectivity index (χ1) is 16.0. The number of Topliss-reactive ketones (excluding diaryl/α,β-unsaturated/α-hetero) is 1. The maximum atomic E-state index is 13.3. The molecular formula is C26H22N2O5. The Morgan fingerprint density at radius 3 is 2.33 bits per heavy atom. The molecule has 0 aliphatic heterocycles. The van der Waals surface area contributed by atoms with Crippen LogP contribution in [0.5, 0.6) is 5.75 Å². The van der Waals surface area contributed by atoms with Crippen molar-refractivity contribution >= 4 is 28.9 Å². The van der Waals surface area contributed by atoms with E-state index in [4.69, 9.17) is 4.74 Å². The highest BCUT2D eigenvalue weighted by Crippen LogP contribution is 2.30. The Bertz CT molecular complexity index is 1320. The summed E-state index contributed by atoms with van der Waals surface area (Å²) in [5.41, 5.74) is 3.23. The monoisotopic (exact) mass is 442 g/mol. The van der Waals surface area contributed by atoms with Crippen molar-refractivity contribution in [3.63, 3.8) is 0 Å².